The van der Waals surface area contributed by atoms with Crippen LogP contribution in [0.3, 0.4) is 0 Å². The summed E-state index contributed by atoms with van der Waals surface area (Å²) >= 11 is 13.0. The predicted molar refractivity (Wildman–Crippen MR) is 95.4 cm³/mol. The normalized spacial score (nSPS) is 16.2. The molecule has 0 aliphatic carbocycles. The van der Waals surface area contributed by atoms with Crippen LogP contribution < -0.4 is 0 Å². The summed E-state index contributed by atoms with van der Waals surface area (Å²) in [6, 6.07) is 6.19. The number of halogens is 3. The third-order valence-corrected chi connectivity index (χ3v) is 7.26. The van der Waals surface area contributed by atoms with Crippen LogP contribution in [0.1, 0.15) is 10.4 Å². The van der Waals surface area contributed by atoms with Crippen LogP contribution in [0, 0.1) is 5.82 Å². The summed E-state index contributed by atoms with van der Waals surface area (Å²) in [7, 11) is -3.71. The Morgan fingerprint density at radius 2 is 1.68 bits per heavy atom. The number of rotatable bonds is 3. The first-order valence-corrected chi connectivity index (χ1v) is 10.3. The van der Waals surface area contributed by atoms with E-state index in [1.54, 1.807) is 4.90 Å². The van der Waals surface area contributed by atoms with Crippen LogP contribution in [0.25, 0.3) is 0 Å². The van der Waals surface area contributed by atoms with E-state index < -0.39 is 15.8 Å². The lowest BCUT2D eigenvalue weighted by Gasteiger charge is -2.34. The summed E-state index contributed by atoms with van der Waals surface area (Å²) in [6.45, 7) is 0.786. The fourth-order valence-electron chi connectivity index (χ4n) is 2.54. The molecule has 2 aromatic rings. The van der Waals surface area contributed by atoms with E-state index in [2.05, 4.69) is 0 Å². The van der Waals surface area contributed by atoms with Crippen molar-refractivity contribution >= 4 is 50.5 Å². The van der Waals surface area contributed by atoms with E-state index >= 15 is 0 Å². The summed E-state index contributed by atoms with van der Waals surface area (Å²) < 4.78 is 40.1. The molecule has 2 heterocycles. The second-order valence-electron chi connectivity index (χ2n) is 5.39. The fraction of sp³-hybridized carbons (Fsp3) is 0.267. The van der Waals surface area contributed by atoms with Crippen LogP contribution >= 0.6 is 34.5 Å². The van der Waals surface area contributed by atoms with Gasteiger partial charge in [0.15, 0.2) is 0 Å². The first kappa shape index (κ1) is 18.6. The molecule has 1 fully saturated rings. The molecule has 3 rings (SSSR count). The van der Waals surface area contributed by atoms with Gasteiger partial charge in [0.2, 0.25) is 10.0 Å². The average Bonchev–Trinajstić information content (AvgIpc) is 2.93. The molecule has 0 saturated carbocycles. The first-order valence-electron chi connectivity index (χ1n) is 7.29. The van der Waals surface area contributed by atoms with Crippen molar-refractivity contribution in [3.05, 3.63) is 50.4 Å². The molecule has 134 valence electrons. The van der Waals surface area contributed by atoms with Gasteiger partial charge in [0, 0.05) is 26.2 Å². The zero-order valence-corrected chi connectivity index (χ0v) is 15.9. The smallest absolute Gasteiger partial charge is 0.256 e. The lowest BCUT2D eigenvalue weighted by molar-refractivity contribution is 0.0698. The number of sulfonamides is 1. The van der Waals surface area contributed by atoms with Gasteiger partial charge in [0.05, 0.1) is 14.8 Å². The molecule has 1 aliphatic rings. The van der Waals surface area contributed by atoms with Gasteiger partial charge < -0.3 is 4.90 Å². The van der Waals surface area contributed by atoms with E-state index in [0.717, 1.165) is 23.5 Å². The highest BCUT2D eigenvalue weighted by atomic mass is 35.5. The number of benzene rings is 1. The molecular weight excluding hydrogens is 410 g/mol. The summed E-state index contributed by atoms with van der Waals surface area (Å²) in [5.41, 5.74) is 0.325. The zero-order chi connectivity index (χ0) is 18.2. The third-order valence-electron chi connectivity index (χ3n) is 3.86. The molecular formula is C15H13Cl2FN2O3S2. The maximum atomic E-state index is 13.0. The number of piperazine rings is 1. The Balaban J connectivity index is 1.70. The Morgan fingerprint density at radius 1 is 1.08 bits per heavy atom. The first-order chi connectivity index (χ1) is 11.8. The maximum Gasteiger partial charge on any atom is 0.256 e. The van der Waals surface area contributed by atoms with Crippen molar-refractivity contribution in [2.75, 3.05) is 26.2 Å². The van der Waals surface area contributed by atoms with Crippen molar-refractivity contribution in [2.45, 2.75) is 4.90 Å². The van der Waals surface area contributed by atoms with E-state index in [1.807, 2.05) is 0 Å². The van der Waals surface area contributed by atoms with Crippen molar-refractivity contribution in [3.63, 3.8) is 0 Å². The zero-order valence-electron chi connectivity index (χ0n) is 12.8. The van der Waals surface area contributed by atoms with Gasteiger partial charge in [0.25, 0.3) is 5.91 Å². The average molecular weight is 423 g/mol. The van der Waals surface area contributed by atoms with E-state index in [4.69, 9.17) is 23.2 Å². The van der Waals surface area contributed by atoms with Crippen LogP contribution in [0.15, 0.2) is 35.2 Å². The minimum absolute atomic E-state index is 0.0290. The summed E-state index contributed by atoms with van der Waals surface area (Å²) in [6.07, 6.45) is 0. The van der Waals surface area contributed by atoms with E-state index in [1.165, 1.54) is 22.5 Å². The molecule has 1 saturated heterocycles. The number of amides is 1. The van der Waals surface area contributed by atoms with Gasteiger partial charge in [-0.1, -0.05) is 23.2 Å². The maximum absolute atomic E-state index is 13.0. The number of carbonyl (C=O) groups excluding carboxylic acids is 1. The van der Waals surface area contributed by atoms with Crippen LogP contribution in [-0.4, -0.2) is 49.7 Å². The van der Waals surface area contributed by atoms with Crippen molar-refractivity contribution in [2.24, 2.45) is 0 Å². The van der Waals surface area contributed by atoms with Crippen molar-refractivity contribution in [3.8, 4) is 0 Å². The van der Waals surface area contributed by atoms with Gasteiger partial charge >= 0.3 is 0 Å². The standard InChI is InChI=1S/C15H13Cl2FN2O3S2/c16-13-9-12(14(17)24-13)15(21)19-5-7-20(8-6-19)25(22,23)11-3-1-10(18)2-4-11/h1-4,9H,5-8H2. The molecule has 1 aromatic heterocycles. The SMILES string of the molecule is O=C(c1cc(Cl)sc1Cl)N1CCN(S(=O)(=O)c2ccc(F)cc2)CC1. The second-order valence-corrected chi connectivity index (χ2v) is 9.61. The molecule has 0 atom stereocenters. The lowest BCUT2D eigenvalue weighted by atomic mass is 10.2. The Morgan fingerprint density at radius 3 is 2.20 bits per heavy atom. The molecule has 5 nitrogen and oxygen atoms in total. The Labute approximate surface area is 158 Å². The summed E-state index contributed by atoms with van der Waals surface area (Å²) in [5, 5.41) is 0. The summed E-state index contributed by atoms with van der Waals surface area (Å²) in [5.74, 6) is -0.771. The number of hydrogen-bond acceptors (Lipinski definition) is 4. The molecule has 1 amide bonds. The van der Waals surface area contributed by atoms with Crippen LogP contribution in [-0.2, 0) is 10.0 Å². The van der Waals surface area contributed by atoms with E-state index in [9.17, 15) is 17.6 Å². The van der Waals surface area contributed by atoms with E-state index in [-0.39, 0.29) is 37.0 Å². The second kappa shape index (κ2) is 7.20. The minimum atomic E-state index is -3.71. The highest BCUT2D eigenvalue weighted by Crippen LogP contribution is 2.32. The third kappa shape index (κ3) is 3.83. The van der Waals surface area contributed by atoms with Gasteiger partial charge in [0.1, 0.15) is 10.2 Å². The number of hydrogen-bond donors (Lipinski definition) is 0. The van der Waals surface area contributed by atoms with Gasteiger partial charge in [-0.2, -0.15) is 4.31 Å². The number of nitrogens with zero attached hydrogens (tertiary/aromatic N) is 2. The molecule has 1 aromatic carbocycles. The van der Waals surface area contributed by atoms with E-state index in [0.29, 0.717) is 14.2 Å². The highest BCUT2D eigenvalue weighted by Gasteiger charge is 2.31. The number of carbonyl (C=O) groups is 1. The molecule has 10 heteroatoms. The highest BCUT2D eigenvalue weighted by molar-refractivity contribution is 7.89. The molecule has 0 bridgehead atoms. The number of thiophene rings is 1. The monoisotopic (exact) mass is 422 g/mol. The van der Waals surface area contributed by atoms with Crippen LogP contribution in [0.2, 0.25) is 8.67 Å². The summed E-state index contributed by atoms with van der Waals surface area (Å²) in [4.78, 5) is 14.0. The quantitative estimate of drug-likeness (QED) is 0.761. The molecule has 0 unspecified atom stereocenters. The van der Waals surface area contributed by atoms with Crippen molar-refractivity contribution < 1.29 is 17.6 Å². The lowest BCUT2D eigenvalue weighted by Crippen LogP contribution is -2.50. The molecule has 1 aliphatic heterocycles. The van der Waals surface area contributed by atoms with Gasteiger partial charge in [-0.05, 0) is 30.3 Å². The Hall–Kier alpha value is -1.19. The van der Waals surface area contributed by atoms with Crippen molar-refractivity contribution in [1.82, 2.24) is 9.21 Å². The molecule has 0 spiro atoms. The largest absolute Gasteiger partial charge is 0.336 e. The van der Waals surface area contributed by atoms with Gasteiger partial charge in [-0.15, -0.1) is 11.3 Å². The molecule has 0 N–H and O–H groups in total. The predicted octanol–water partition coefficient (Wildman–Crippen LogP) is 3.34. The minimum Gasteiger partial charge on any atom is -0.336 e. The topological polar surface area (TPSA) is 57.7 Å². The molecule has 25 heavy (non-hydrogen) atoms. The van der Waals surface area contributed by atoms with Gasteiger partial charge in [-0.3, -0.25) is 4.79 Å². The Kier molecular flexibility index (Phi) is 5.36. The Bertz CT molecular complexity index is 892. The van der Waals surface area contributed by atoms with Crippen molar-refractivity contribution in [1.29, 1.82) is 0 Å². The van der Waals surface area contributed by atoms with Crippen LogP contribution in [0.4, 0.5) is 4.39 Å². The molecule has 0 radical (unpaired) electrons. The van der Waals surface area contributed by atoms with Gasteiger partial charge in [-0.25, -0.2) is 12.8 Å². The van der Waals surface area contributed by atoms with Crippen LogP contribution in [0.5, 0.6) is 0 Å². The fourth-order valence-corrected chi connectivity index (χ4v) is 5.41.